The number of nitrogens with zero attached hydrogens (tertiary/aromatic N) is 2. The molecule has 2 heterocycles. The number of thiophene rings is 1. The fourth-order valence-electron chi connectivity index (χ4n) is 4.09. The van der Waals surface area contributed by atoms with Crippen molar-refractivity contribution >= 4 is 41.3 Å². The minimum absolute atomic E-state index is 0. The van der Waals surface area contributed by atoms with E-state index in [0.29, 0.717) is 25.1 Å². The van der Waals surface area contributed by atoms with Gasteiger partial charge in [0, 0.05) is 24.0 Å². The van der Waals surface area contributed by atoms with Gasteiger partial charge in [0.2, 0.25) is 0 Å². The van der Waals surface area contributed by atoms with Gasteiger partial charge >= 0.3 is 0 Å². The molecule has 1 fully saturated rings. The summed E-state index contributed by atoms with van der Waals surface area (Å²) in [6.07, 6.45) is 1.80. The van der Waals surface area contributed by atoms with Crippen molar-refractivity contribution in [2.45, 2.75) is 38.5 Å². The molecule has 3 rings (SSSR count). The predicted molar refractivity (Wildman–Crippen MR) is 144 cm³/mol. The molecule has 0 amide bonds. The molecule has 8 heteroatoms. The largest absolute Gasteiger partial charge is 0.389 e. The first-order valence-corrected chi connectivity index (χ1v) is 12.1. The number of aliphatic hydroxyl groups is 1. The number of piperidine rings is 1. The Morgan fingerprint density at radius 3 is 2.78 bits per heavy atom. The van der Waals surface area contributed by atoms with E-state index in [1.54, 1.807) is 0 Å². The molecule has 1 aliphatic heterocycles. The van der Waals surface area contributed by atoms with Gasteiger partial charge in [-0.3, -0.25) is 9.89 Å². The minimum Gasteiger partial charge on any atom is -0.389 e. The zero-order valence-corrected chi connectivity index (χ0v) is 22.2. The lowest BCUT2D eigenvalue weighted by molar-refractivity contribution is 0.0331. The van der Waals surface area contributed by atoms with E-state index in [2.05, 4.69) is 52.0 Å². The number of hydrogen-bond acceptors (Lipinski definition) is 5. The number of rotatable bonds is 10. The molecule has 6 nitrogen and oxygen atoms in total. The zero-order chi connectivity index (χ0) is 21.9. The number of ether oxygens (including phenoxy) is 1. The van der Waals surface area contributed by atoms with Gasteiger partial charge in [-0.05, 0) is 56.3 Å². The van der Waals surface area contributed by atoms with Crippen LogP contribution in [0.3, 0.4) is 0 Å². The van der Waals surface area contributed by atoms with Gasteiger partial charge in [0.15, 0.2) is 5.96 Å². The van der Waals surface area contributed by atoms with Crippen LogP contribution in [-0.4, -0.2) is 61.9 Å². The molecule has 3 atom stereocenters. The maximum atomic E-state index is 10.3. The van der Waals surface area contributed by atoms with Crippen LogP contribution in [0.4, 0.5) is 0 Å². The van der Waals surface area contributed by atoms with Crippen LogP contribution in [0.2, 0.25) is 0 Å². The molecule has 3 N–H and O–H groups in total. The fraction of sp³-hybridized carbons (Fsp3) is 0.542. The monoisotopic (exact) mass is 572 g/mol. The van der Waals surface area contributed by atoms with Crippen LogP contribution in [0.15, 0.2) is 52.8 Å². The quantitative estimate of drug-likeness (QED) is 0.229. The molecule has 1 saturated heterocycles. The SMILES string of the molecule is CCNC(=NCC(O)COCc1ccccc1)NCC1CCCN(C)C1c1cccs1.I. The third-order valence-electron chi connectivity index (χ3n) is 5.60. The standard InChI is InChI=1S/C24H36N4O2S.HI/c1-3-25-24(27-16-21(29)18-30-17-19-9-5-4-6-10-19)26-15-20-11-7-13-28(2)23(20)22-12-8-14-31-22;/h4-6,8-10,12,14,20-21,23,29H,3,7,11,13,15-18H2,1-2H3,(H2,25,26,27);1H. The predicted octanol–water partition coefficient (Wildman–Crippen LogP) is 3.88. The summed E-state index contributed by atoms with van der Waals surface area (Å²) in [6.45, 7) is 5.92. The molecule has 178 valence electrons. The summed E-state index contributed by atoms with van der Waals surface area (Å²) in [5.41, 5.74) is 1.10. The number of hydrogen-bond donors (Lipinski definition) is 3. The first-order valence-electron chi connectivity index (χ1n) is 11.2. The van der Waals surface area contributed by atoms with Crippen LogP contribution in [0, 0.1) is 5.92 Å². The molecular weight excluding hydrogens is 535 g/mol. The van der Waals surface area contributed by atoms with Crippen LogP contribution in [0.25, 0.3) is 0 Å². The molecule has 1 aromatic heterocycles. The van der Waals surface area contributed by atoms with Crippen LogP contribution in [0.1, 0.15) is 36.2 Å². The molecule has 0 spiro atoms. The van der Waals surface area contributed by atoms with E-state index in [0.717, 1.165) is 31.2 Å². The van der Waals surface area contributed by atoms with Gasteiger partial charge in [-0.25, -0.2) is 0 Å². The topological polar surface area (TPSA) is 69.1 Å². The average Bonchev–Trinajstić information content (AvgIpc) is 3.31. The maximum Gasteiger partial charge on any atom is 0.191 e. The zero-order valence-electron chi connectivity index (χ0n) is 19.1. The molecule has 2 aromatic rings. The second kappa shape index (κ2) is 14.8. The number of benzene rings is 1. The van der Waals surface area contributed by atoms with E-state index in [4.69, 9.17) is 4.74 Å². The Kier molecular flexibility index (Phi) is 12.6. The molecule has 0 radical (unpaired) electrons. The summed E-state index contributed by atoms with van der Waals surface area (Å²) in [4.78, 5) is 8.49. The second-order valence-electron chi connectivity index (χ2n) is 8.10. The Hall–Kier alpha value is -1.20. The summed E-state index contributed by atoms with van der Waals surface area (Å²) in [7, 11) is 2.22. The van der Waals surface area contributed by atoms with Gasteiger partial charge in [0.25, 0.3) is 0 Å². The molecule has 1 aromatic carbocycles. The van der Waals surface area contributed by atoms with Gasteiger partial charge in [-0.15, -0.1) is 35.3 Å². The van der Waals surface area contributed by atoms with E-state index < -0.39 is 6.10 Å². The van der Waals surface area contributed by atoms with Crippen LogP contribution in [-0.2, 0) is 11.3 Å². The summed E-state index contributed by atoms with van der Waals surface area (Å²) in [5.74, 6) is 1.28. The highest BCUT2D eigenvalue weighted by molar-refractivity contribution is 14.0. The summed E-state index contributed by atoms with van der Waals surface area (Å²) >= 11 is 1.84. The van der Waals surface area contributed by atoms with Crippen molar-refractivity contribution in [1.29, 1.82) is 0 Å². The average molecular weight is 573 g/mol. The lowest BCUT2D eigenvalue weighted by Crippen LogP contribution is -2.45. The smallest absolute Gasteiger partial charge is 0.191 e. The molecule has 0 bridgehead atoms. The summed E-state index contributed by atoms with van der Waals surface area (Å²) < 4.78 is 5.63. The van der Waals surface area contributed by atoms with E-state index >= 15 is 0 Å². The normalized spacial score (nSPS) is 20.4. The number of likely N-dealkylation sites (tertiary alicyclic amines) is 1. The highest BCUT2D eigenvalue weighted by atomic mass is 127. The summed E-state index contributed by atoms with van der Waals surface area (Å²) in [6, 6.07) is 14.8. The number of guanidine groups is 1. The van der Waals surface area contributed by atoms with Crippen molar-refractivity contribution < 1.29 is 9.84 Å². The Morgan fingerprint density at radius 1 is 1.25 bits per heavy atom. The molecule has 0 saturated carbocycles. The van der Waals surface area contributed by atoms with E-state index in [-0.39, 0.29) is 30.6 Å². The second-order valence-corrected chi connectivity index (χ2v) is 9.08. The lowest BCUT2D eigenvalue weighted by atomic mass is 9.88. The third kappa shape index (κ3) is 8.62. The van der Waals surface area contributed by atoms with Crippen molar-refractivity contribution in [1.82, 2.24) is 15.5 Å². The molecular formula is C24H37IN4O2S. The van der Waals surface area contributed by atoms with E-state index in [1.807, 2.05) is 41.7 Å². The first kappa shape index (κ1) is 27.0. The van der Waals surface area contributed by atoms with Crippen molar-refractivity contribution in [3.05, 3.63) is 58.3 Å². The first-order chi connectivity index (χ1) is 15.2. The molecule has 1 aliphatic rings. The number of aliphatic imine (C=N–C) groups is 1. The number of nitrogens with one attached hydrogen (secondary N) is 2. The van der Waals surface area contributed by atoms with E-state index in [1.165, 1.54) is 17.7 Å². The van der Waals surface area contributed by atoms with Gasteiger partial charge in [-0.1, -0.05) is 36.4 Å². The Labute approximate surface area is 213 Å². The molecule has 0 aliphatic carbocycles. The maximum absolute atomic E-state index is 10.3. The van der Waals surface area contributed by atoms with Gasteiger partial charge in [-0.2, -0.15) is 0 Å². The van der Waals surface area contributed by atoms with Gasteiger partial charge < -0.3 is 20.5 Å². The van der Waals surface area contributed by atoms with E-state index in [9.17, 15) is 5.11 Å². The Morgan fingerprint density at radius 2 is 2.06 bits per heavy atom. The Bertz CT molecular complexity index is 776. The van der Waals surface area contributed by atoms with Crippen molar-refractivity contribution in [3.63, 3.8) is 0 Å². The number of halogens is 1. The minimum atomic E-state index is -0.626. The van der Waals surface area contributed by atoms with Crippen molar-refractivity contribution in [2.75, 3.05) is 39.8 Å². The highest BCUT2D eigenvalue weighted by Gasteiger charge is 2.31. The van der Waals surface area contributed by atoms with Crippen LogP contribution >= 0.6 is 35.3 Å². The molecule has 32 heavy (non-hydrogen) atoms. The van der Waals surface area contributed by atoms with Crippen molar-refractivity contribution in [2.24, 2.45) is 10.9 Å². The van der Waals surface area contributed by atoms with Crippen LogP contribution in [0.5, 0.6) is 0 Å². The lowest BCUT2D eigenvalue weighted by Gasteiger charge is -2.39. The Balaban J connectivity index is 0.00000363. The third-order valence-corrected chi connectivity index (χ3v) is 6.54. The number of aliphatic hydroxyl groups excluding tert-OH is 1. The molecule has 3 unspecified atom stereocenters. The van der Waals surface area contributed by atoms with Gasteiger partial charge in [0.05, 0.1) is 25.9 Å². The van der Waals surface area contributed by atoms with Crippen LogP contribution < -0.4 is 10.6 Å². The highest BCUT2D eigenvalue weighted by Crippen LogP contribution is 2.36. The van der Waals surface area contributed by atoms with Gasteiger partial charge in [0.1, 0.15) is 0 Å². The fourth-order valence-corrected chi connectivity index (χ4v) is 5.07. The summed E-state index contributed by atoms with van der Waals surface area (Å²) in [5, 5.41) is 19.2. The van der Waals surface area contributed by atoms with Crippen molar-refractivity contribution in [3.8, 4) is 0 Å².